The lowest BCUT2D eigenvalue weighted by Gasteiger charge is -2.24. The molecule has 1 fully saturated rings. The summed E-state index contributed by atoms with van der Waals surface area (Å²) >= 11 is 0. The molecule has 32 heavy (non-hydrogen) atoms. The van der Waals surface area contributed by atoms with Crippen LogP contribution < -0.4 is 0 Å². The summed E-state index contributed by atoms with van der Waals surface area (Å²) in [5.41, 5.74) is 8.87. The van der Waals surface area contributed by atoms with Gasteiger partial charge in [-0.3, -0.25) is 9.36 Å². The number of fused-ring (bicyclic) bond motifs is 5. The highest BCUT2D eigenvalue weighted by atomic mass is 16.5. The molecule has 0 atom stereocenters. The Bertz CT molecular complexity index is 1510. The maximum absolute atomic E-state index is 6.48. The average Bonchev–Trinajstić information content (AvgIpc) is 3.61. The van der Waals surface area contributed by atoms with Crippen LogP contribution in [-0.2, 0) is 31.0 Å². The lowest BCUT2D eigenvalue weighted by molar-refractivity contribution is -0.0317. The van der Waals surface area contributed by atoms with Crippen LogP contribution in [0.1, 0.15) is 36.8 Å². The van der Waals surface area contributed by atoms with Crippen molar-refractivity contribution in [2.24, 2.45) is 14.1 Å². The highest BCUT2D eigenvalue weighted by Gasteiger charge is 2.45. The largest absolute Gasteiger partial charge is 0.366 e. The van der Waals surface area contributed by atoms with Gasteiger partial charge in [-0.25, -0.2) is 4.98 Å². The Morgan fingerprint density at radius 1 is 1.03 bits per heavy atom. The molecule has 1 aliphatic carbocycles. The van der Waals surface area contributed by atoms with Crippen molar-refractivity contribution in [3.05, 3.63) is 54.1 Å². The zero-order chi connectivity index (χ0) is 21.4. The van der Waals surface area contributed by atoms with Crippen LogP contribution in [0.15, 0.2) is 43.0 Å². The molecule has 0 saturated heterocycles. The number of hydrogen-bond donors (Lipinski definition) is 1. The average molecular weight is 425 g/mol. The molecule has 0 unspecified atom stereocenters. The van der Waals surface area contributed by atoms with E-state index in [1.54, 1.807) is 0 Å². The second-order valence-corrected chi connectivity index (χ2v) is 9.19. The molecule has 1 spiro atoms. The van der Waals surface area contributed by atoms with Crippen LogP contribution in [0.5, 0.6) is 0 Å². The lowest BCUT2D eigenvalue weighted by atomic mass is 9.86. The Morgan fingerprint density at radius 2 is 1.91 bits per heavy atom. The first-order valence-corrected chi connectivity index (χ1v) is 11.2. The van der Waals surface area contributed by atoms with Crippen LogP contribution in [0.2, 0.25) is 0 Å². The number of aromatic nitrogens is 6. The minimum Gasteiger partial charge on any atom is -0.366 e. The van der Waals surface area contributed by atoms with E-state index in [1.165, 1.54) is 34.9 Å². The topological polar surface area (TPSA) is 73.5 Å². The number of aromatic amines is 1. The summed E-state index contributed by atoms with van der Waals surface area (Å²) in [7, 11) is 3.93. The van der Waals surface area contributed by atoms with Gasteiger partial charge in [0.15, 0.2) is 0 Å². The summed E-state index contributed by atoms with van der Waals surface area (Å²) < 4.78 is 10.2. The molecule has 7 nitrogen and oxygen atoms in total. The number of nitrogens with one attached hydrogen (secondary N) is 1. The van der Waals surface area contributed by atoms with Gasteiger partial charge < -0.3 is 9.72 Å². The number of rotatable bonds is 2. The number of benzene rings is 1. The van der Waals surface area contributed by atoms with Crippen molar-refractivity contribution in [3.63, 3.8) is 0 Å². The number of H-pyrrole nitrogens is 1. The van der Waals surface area contributed by atoms with E-state index in [0.29, 0.717) is 6.61 Å². The maximum Gasteiger partial charge on any atom is 0.138 e. The SMILES string of the molecule is Cn1cc(-c2[nH]c3ncc4c(c3c2-c2ccc3c(cnn3C)c2)C2(CCCC2)OC4)cn1. The summed E-state index contributed by atoms with van der Waals surface area (Å²) in [5.74, 6) is 0. The molecule has 0 amide bonds. The quantitative estimate of drug-likeness (QED) is 0.441. The van der Waals surface area contributed by atoms with Crippen molar-refractivity contribution in [2.45, 2.75) is 37.9 Å². The van der Waals surface area contributed by atoms with Crippen LogP contribution in [0.3, 0.4) is 0 Å². The van der Waals surface area contributed by atoms with E-state index in [0.717, 1.165) is 46.2 Å². The van der Waals surface area contributed by atoms with Crippen molar-refractivity contribution >= 4 is 21.9 Å². The number of pyridine rings is 1. The first-order valence-electron chi connectivity index (χ1n) is 11.2. The molecule has 2 aliphatic rings. The number of ether oxygens (including phenoxy) is 1. The van der Waals surface area contributed by atoms with Crippen LogP contribution >= 0.6 is 0 Å². The molecule has 0 radical (unpaired) electrons. The predicted molar refractivity (Wildman–Crippen MR) is 123 cm³/mol. The van der Waals surface area contributed by atoms with E-state index in [9.17, 15) is 0 Å². The summed E-state index contributed by atoms with van der Waals surface area (Å²) in [5, 5.41) is 11.2. The number of hydrogen-bond acceptors (Lipinski definition) is 4. The summed E-state index contributed by atoms with van der Waals surface area (Å²) in [6, 6.07) is 6.59. The monoisotopic (exact) mass is 424 g/mol. The minimum atomic E-state index is -0.182. The van der Waals surface area contributed by atoms with E-state index in [1.807, 2.05) is 42.0 Å². The van der Waals surface area contributed by atoms with Gasteiger partial charge in [0.25, 0.3) is 0 Å². The smallest absolute Gasteiger partial charge is 0.138 e. The number of aryl methyl sites for hydroxylation is 2. The Kier molecular flexibility index (Phi) is 3.57. The van der Waals surface area contributed by atoms with Crippen molar-refractivity contribution in [3.8, 4) is 22.4 Å². The molecule has 7 heteroatoms. The first-order chi connectivity index (χ1) is 15.6. The van der Waals surface area contributed by atoms with Gasteiger partial charge in [0.2, 0.25) is 0 Å². The van der Waals surface area contributed by atoms with Crippen molar-refractivity contribution < 1.29 is 4.74 Å². The Morgan fingerprint density at radius 3 is 2.72 bits per heavy atom. The highest BCUT2D eigenvalue weighted by molar-refractivity contribution is 6.06. The second-order valence-electron chi connectivity index (χ2n) is 9.19. The Balaban J connectivity index is 1.59. The molecule has 4 aromatic heterocycles. The van der Waals surface area contributed by atoms with Gasteiger partial charge in [-0.05, 0) is 30.5 Å². The van der Waals surface area contributed by atoms with Crippen molar-refractivity contribution in [1.82, 2.24) is 29.5 Å². The summed E-state index contributed by atoms with van der Waals surface area (Å²) in [4.78, 5) is 8.47. The third-order valence-electron chi connectivity index (χ3n) is 7.30. The third-order valence-corrected chi connectivity index (χ3v) is 7.30. The lowest BCUT2D eigenvalue weighted by Crippen LogP contribution is -2.20. The molecule has 160 valence electrons. The van der Waals surface area contributed by atoms with Crippen LogP contribution in [0.4, 0.5) is 0 Å². The van der Waals surface area contributed by atoms with Crippen molar-refractivity contribution in [2.75, 3.05) is 0 Å². The van der Waals surface area contributed by atoms with Gasteiger partial charge in [0.1, 0.15) is 5.65 Å². The van der Waals surface area contributed by atoms with Crippen molar-refractivity contribution in [1.29, 1.82) is 0 Å². The van der Waals surface area contributed by atoms with Crippen LogP contribution in [0.25, 0.3) is 44.3 Å². The molecular weight excluding hydrogens is 400 g/mol. The Labute approximate surface area is 185 Å². The Hall–Kier alpha value is -3.45. The van der Waals surface area contributed by atoms with Gasteiger partial charge in [0.05, 0.1) is 35.8 Å². The van der Waals surface area contributed by atoms with E-state index in [2.05, 4.69) is 39.6 Å². The highest BCUT2D eigenvalue weighted by Crippen LogP contribution is 2.53. The van der Waals surface area contributed by atoms with Crippen LogP contribution in [-0.4, -0.2) is 29.5 Å². The van der Waals surface area contributed by atoms with Gasteiger partial charge in [-0.15, -0.1) is 0 Å². The molecular formula is C25H24N6O. The molecule has 5 aromatic rings. The fourth-order valence-corrected chi connectivity index (χ4v) is 5.83. The van der Waals surface area contributed by atoms with Crippen LogP contribution in [0, 0.1) is 0 Å². The van der Waals surface area contributed by atoms with Gasteiger partial charge in [0, 0.05) is 59.5 Å². The zero-order valence-corrected chi connectivity index (χ0v) is 18.2. The second kappa shape index (κ2) is 6.29. The molecule has 0 bridgehead atoms. The fraction of sp³-hybridized carbons (Fsp3) is 0.320. The zero-order valence-electron chi connectivity index (χ0n) is 18.2. The predicted octanol–water partition coefficient (Wildman–Crippen LogP) is 4.82. The molecule has 1 saturated carbocycles. The van der Waals surface area contributed by atoms with Gasteiger partial charge >= 0.3 is 0 Å². The third kappa shape index (κ3) is 2.37. The maximum atomic E-state index is 6.48. The van der Waals surface area contributed by atoms with E-state index in [-0.39, 0.29) is 5.60 Å². The molecule has 1 N–H and O–H groups in total. The molecule has 1 aromatic carbocycles. The normalized spacial score (nSPS) is 17.2. The number of nitrogens with zero attached hydrogens (tertiary/aromatic N) is 5. The summed E-state index contributed by atoms with van der Waals surface area (Å²) in [6.45, 7) is 0.646. The fourth-order valence-electron chi connectivity index (χ4n) is 5.83. The van der Waals surface area contributed by atoms with E-state index in [4.69, 9.17) is 9.72 Å². The molecule has 5 heterocycles. The van der Waals surface area contributed by atoms with E-state index >= 15 is 0 Å². The molecule has 1 aliphatic heterocycles. The standard InChI is InChI=1S/C25H24N6O/c1-30-13-17(12-27-30)23-20(15-5-6-19-16(9-15)11-28-31(19)2)21-22-18(10-26-24(21)29-23)14-32-25(22)7-3-4-8-25/h5-6,9-13H,3-4,7-8,14H2,1-2H3,(H,26,29). The first kappa shape index (κ1) is 18.2. The minimum absolute atomic E-state index is 0.182. The molecule has 7 rings (SSSR count). The summed E-state index contributed by atoms with van der Waals surface area (Å²) in [6.07, 6.45) is 12.5. The van der Waals surface area contributed by atoms with Gasteiger partial charge in [-0.2, -0.15) is 10.2 Å². The van der Waals surface area contributed by atoms with E-state index < -0.39 is 0 Å². The van der Waals surface area contributed by atoms with Gasteiger partial charge in [-0.1, -0.05) is 18.9 Å².